The number of methoxy groups -OCH3 is 1. The van der Waals surface area contributed by atoms with Gasteiger partial charge in [-0.1, -0.05) is 10.3 Å². The van der Waals surface area contributed by atoms with Crippen LogP contribution in [-0.2, 0) is 25.8 Å². The molecule has 0 radical (unpaired) electrons. The maximum atomic E-state index is 11.6. The van der Waals surface area contributed by atoms with Gasteiger partial charge in [0.1, 0.15) is 13.4 Å². The molecule has 0 N–H and O–H groups in total. The standard InChI is InChI=1S/C11H14N4O4/c1-4-14-19-6-9-8(5-12-7-13-9)10(15-18-3)11(16)17-2/h4-5,7H,6H2,1-3H3/b14-4?,15-10+. The smallest absolute Gasteiger partial charge is 0.360 e. The van der Waals surface area contributed by atoms with Crippen molar-refractivity contribution in [2.45, 2.75) is 13.5 Å². The average molecular weight is 266 g/mol. The summed E-state index contributed by atoms with van der Waals surface area (Å²) < 4.78 is 4.62. The van der Waals surface area contributed by atoms with Gasteiger partial charge in [0.25, 0.3) is 0 Å². The third-order valence-corrected chi connectivity index (χ3v) is 1.99. The van der Waals surface area contributed by atoms with E-state index >= 15 is 0 Å². The Kier molecular flexibility index (Phi) is 5.93. The Morgan fingerprint density at radius 1 is 1.47 bits per heavy atom. The average Bonchev–Trinajstić information content (AvgIpc) is 2.45. The Morgan fingerprint density at radius 2 is 2.26 bits per heavy atom. The highest BCUT2D eigenvalue weighted by Crippen LogP contribution is 2.09. The summed E-state index contributed by atoms with van der Waals surface area (Å²) in [6, 6.07) is 0. The van der Waals surface area contributed by atoms with Crippen molar-refractivity contribution >= 4 is 17.9 Å². The van der Waals surface area contributed by atoms with Crippen LogP contribution in [0.4, 0.5) is 0 Å². The van der Waals surface area contributed by atoms with Gasteiger partial charge in [-0.25, -0.2) is 14.8 Å². The van der Waals surface area contributed by atoms with Crippen molar-refractivity contribution in [1.82, 2.24) is 9.97 Å². The van der Waals surface area contributed by atoms with Crippen molar-refractivity contribution in [2.24, 2.45) is 10.3 Å². The summed E-state index contributed by atoms with van der Waals surface area (Å²) in [5.41, 5.74) is 0.772. The second-order valence-corrected chi connectivity index (χ2v) is 3.13. The zero-order chi connectivity index (χ0) is 14.1. The highest BCUT2D eigenvalue weighted by molar-refractivity contribution is 6.43. The van der Waals surface area contributed by atoms with Crippen molar-refractivity contribution < 1.29 is 19.2 Å². The number of hydrogen-bond donors (Lipinski definition) is 0. The number of aromatic nitrogens is 2. The Labute approximate surface area is 110 Å². The molecule has 1 aromatic rings. The van der Waals surface area contributed by atoms with Crippen molar-refractivity contribution in [3.63, 3.8) is 0 Å². The number of rotatable bonds is 6. The monoisotopic (exact) mass is 266 g/mol. The predicted octanol–water partition coefficient (Wildman–Crippen LogP) is 0.522. The second-order valence-electron chi connectivity index (χ2n) is 3.13. The van der Waals surface area contributed by atoms with E-state index in [2.05, 4.69) is 29.9 Å². The highest BCUT2D eigenvalue weighted by Gasteiger charge is 2.20. The van der Waals surface area contributed by atoms with Crippen LogP contribution < -0.4 is 0 Å². The third kappa shape index (κ3) is 4.02. The van der Waals surface area contributed by atoms with Gasteiger partial charge in [0.15, 0.2) is 12.3 Å². The molecule has 0 bridgehead atoms. The first-order valence-electron chi connectivity index (χ1n) is 5.33. The zero-order valence-electron chi connectivity index (χ0n) is 10.9. The summed E-state index contributed by atoms with van der Waals surface area (Å²) in [6.45, 7) is 1.79. The fourth-order valence-electron chi connectivity index (χ4n) is 1.23. The number of hydrogen-bond acceptors (Lipinski definition) is 8. The number of esters is 1. The summed E-state index contributed by atoms with van der Waals surface area (Å²) in [7, 11) is 2.57. The van der Waals surface area contributed by atoms with Gasteiger partial charge >= 0.3 is 5.97 Å². The lowest BCUT2D eigenvalue weighted by molar-refractivity contribution is -0.132. The van der Waals surface area contributed by atoms with Crippen LogP contribution in [0.2, 0.25) is 0 Å². The molecular weight excluding hydrogens is 252 g/mol. The molecule has 102 valence electrons. The molecule has 0 amide bonds. The van der Waals surface area contributed by atoms with Crippen molar-refractivity contribution in [1.29, 1.82) is 0 Å². The molecule has 19 heavy (non-hydrogen) atoms. The predicted molar refractivity (Wildman–Crippen MR) is 66.5 cm³/mol. The van der Waals surface area contributed by atoms with E-state index in [1.54, 1.807) is 6.92 Å². The molecular formula is C11H14N4O4. The third-order valence-electron chi connectivity index (χ3n) is 1.99. The van der Waals surface area contributed by atoms with E-state index in [1.165, 1.54) is 33.0 Å². The molecule has 1 aromatic heterocycles. The fraction of sp³-hybridized carbons (Fsp3) is 0.364. The van der Waals surface area contributed by atoms with Crippen molar-refractivity contribution in [2.75, 3.05) is 14.2 Å². The maximum Gasteiger partial charge on any atom is 0.360 e. The van der Waals surface area contributed by atoms with Gasteiger partial charge in [0.2, 0.25) is 0 Å². The van der Waals surface area contributed by atoms with Crippen molar-refractivity contribution in [3.8, 4) is 0 Å². The molecule has 0 saturated carbocycles. The van der Waals surface area contributed by atoms with Crippen LogP contribution >= 0.6 is 0 Å². The number of carbonyl (C=O) groups is 1. The van der Waals surface area contributed by atoms with Crippen LogP contribution in [0.15, 0.2) is 22.8 Å². The minimum atomic E-state index is -0.656. The maximum absolute atomic E-state index is 11.6. The fourth-order valence-corrected chi connectivity index (χ4v) is 1.23. The first kappa shape index (κ1) is 14.6. The van der Waals surface area contributed by atoms with Gasteiger partial charge in [0.05, 0.1) is 18.4 Å². The molecule has 8 nitrogen and oxygen atoms in total. The van der Waals surface area contributed by atoms with Crippen LogP contribution in [0.5, 0.6) is 0 Å². The van der Waals surface area contributed by atoms with Crippen LogP contribution in [0, 0.1) is 0 Å². The summed E-state index contributed by atoms with van der Waals surface area (Å²) >= 11 is 0. The molecule has 1 heterocycles. The van der Waals surface area contributed by atoms with Crippen LogP contribution in [-0.4, -0.2) is 42.1 Å². The zero-order valence-corrected chi connectivity index (χ0v) is 10.9. The number of oxime groups is 2. The van der Waals surface area contributed by atoms with Crippen LogP contribution in [0.25, 0.3) is 0 Å². The van der Waals surface area contributed by atoms with Gasteiger partial charge in [0, 0.05) is 12.4 Å². The molecule has 0 saturated heterocycles. The second kappa shape index (κ2) is 7.75. The minimum absolute atomic E-state index is 0.0373. The summed E-state index contributed by atoms with van der Waals surface area (Å²) in [5, 5.41) is 7.23. The lowest BCUT2D eigenvalue weighted by Gasteiger charge is -2.07. The van der Waals surface area contributed by atoms with E-state index in [1.807, 2.05) is 0 Å². The molecule has 8 heteroatoms. The lowest BCUT2D eigenvalue weighted by Crippen LogP contribution is -2.20. The van der Waals surface area contributed by atoms with Gasteiger partial charge < -0.3 is 14.4 Å². The Bertz CT molecular complexity index is 487. The van der Waals surface area contributed by atoms with E-state index < -0.39 is 5.97 Å². The topological polar surface area (TPSA) is 95.3 Å². The summed E-state index contributed by atoms with van der Waals surface area (Å²) in [4.78, 5) is 29.1. The number of carbonyl (C=O) groups excluding carboxylic acids is 1. The molecule has 0 aliphatic carbocycles. The first-order chi connectivity index (χ1) is 9.24. The molecule has 0 spiro atoms. The quantitative estimate of drug-likeness (QED) is 0.423. The number of nitrogens with zero attached hydrogens (tertiary/aromatic N) is 4. The van der Waals surface area contributed by atoms with E-state index in [0.717, 1.165) is 0 Å². The normalized spacial score (nSPS) is 11.4. The van der Waals surface area contributed by atoms with Gasteiger partial charge in [-0.2, -0.15) is 0 Å². The van der Waals surface area contributed by atoms with Gasteiger partial charge in [-0.15, -0.1) is 0 Å². The molecule has 0 aliphatic heterocycles. The van der Waals surface area contributed by atoms with Gasteiger partial charge in [-0.05, 0) is 6.92 Å². The van der Waals surface area contributed by atoms with Crippen molar-refractivity contribution in [3.05, 3.63) is 23.8 Å². The Morgan fingerprint density at radius 3 is 2.89 bits per heavy atom. The molecule has 0 aromatic carbocycles. The molecule has 0 unspecified atom stereocenters. The first-order valence-corrected chi connectivity index (χ1v) is 5.33. The summed E-state index contributed by atoms with van der Waals surface area (Å²) in [6.07, 6.45) is 4.25. The Balaban J connectivity index is 3.09. The molecule has 0 atom stereocenters. The lowest BCUT2D eigenvalue weighted by atomic mass is 10.1. The van der Waals surface area contributed by atoms with E-state index in [4.69, 9.17) is 4.84 Å². The summed E-state index contributed by atoms with van der Waals surface area (Å²) in [5.74, 6) is -0.656. The number of ether oxygens (including phenoxy) is 1. The van der Waals surface area contributed by atoms with Crippen LogP contribution in [0.1, 0.15) is 18.2 Å². The van der Waals surface area contributed by atoms with E-state index in [9.17, 15) is 4.79 Å². The minimum Gasteiger partial charge on any atom is -0.464 e. The SMILES string of the molecule is CC=NOCc1ncncc1/C(=N\OC)C(=O)OC. The molecule has 0 aliphatic rings. The van der Waals surface area contributed by atoms with E-state index in [-0.39, 0.29) is 12.3 Å². The van der Waals surface area contributed by atoms with Gasteiger partial charge in [-0.3, -0.25) is 0 Å². The largest absolute Gasteiger partial charge is 0.464 e. The Hall–Kier alpha value is -2.51. The highest BCUT2D eigenvalue weighted by atomic mass is 16.6. The van der Waals surface area contributed by atoms with E-state index in [0.29, 0.717) is 11.3 Å². The molecule has 1 rings (SSSR count). The molecule has 0 fully saturated rings. The van der Waals surface area contributed by atoms with Crippen LogP contribution in [0.3, 0.4) is 0 Å².